The maximum Gasteiger partial charge on any atom is 0.256 e. The fourth-order valence-electron chi connectivity index (χ4n) is 3.54. The Morgan fingerprint density at radius 2 is 1.77 bits per heavy atom. The lowest BCUT2D eigenvalue weighted by Crippen LogP contribution is -2.62. The number of benzene rings is 2. The molecule has 1 saturated heterocycles. The summed E-state index contributed by atoms with van der Waals surface area (Å²) in [6.07, 6.45) is 1.13. The van der Waals surface area contributed by atoms with Crippen molar-refractivity contribution in [2.75, 3.05) is 18.4 Å². The second kappa shape index (κ2) is 6.29. The molecule has 2 heterocycles. The number of anilines is 1. The number of halogens is 2. The minimum Gasteiger partial charge on any atom is -0.362 e. The van der Waals surface area contributed by atoms with E-state index >= 15 is 0 Å². The molecule has 5 nitrogen and oxygen atoms in total. The SMILES string of the molecule is O=C1NC2(CCN(C(=O)c3ccc(F)cc3)CC2)Nc2cccc(Cl)c21. The Bertz CT molecular complexity index is 877. The van der Waals surface area contributed by atoms with Gasteiger partial charge in [-0.1, -0.05) is 17.7 Å². The van der Waals surface area contributed by atoms with E-state index in [4.69, 9.17) is 11.6 Å². The van der Waals surface area contributed by atoms with Gasteiger partial charge >= 0.3 is 0 Å². The molecule has 2 aromatic carbocycles. The maximum atomic E-state index is 13.0. The van der Waals surface area contributed by atoms with Crippen LogP contribution in [-0.4, -0.2) is 35.5 Å². The van der Waals surface area contributed by atoms with Gasteiger partial charge in [0.1, 0.15) is 11.5 Å². The molecule has 2 aromatic rings. The summed E-state index contributed by atoms with van der Waals surface area (Å²) in [6, 6.07) is 10.8. The Morgan fingerprint density at radius 3 is 2.46 bits per heavy atom. The highest BCUT2D eigenvalue weighted by atomic mass is 35.5. The standard InChI is InChI=1S/C19H17ClFN3O2/c20-14-2-1-3-15-16(14)17(25)23-19(22-15)8-10-24(11-9-19)18(26)12-4-6-13(21)7-5-12/h1-7,22H,8-11H2,(H,23,25). The van der Waals surface area contributed by atoms with Gasteiger partial charge in [0.25, 0.3) is 11.8 Å². The van der Waals surface area contributed by atoms with Gasteiger partial charge in [-0.25, -0.2) is 4.39 Å². The van der Waals surface area contributed by atoms with E-state index in [1.807, 2.05) is 6.07 Å². The molecule has 7 heteroatoms. The van der Waals surface area contributed by atoms with Gasteiger partial charge in [-0.2, -0.15) is 0 Å². The van der Waals surface area contributed by atoms with Crippen molar-refractivity contribution >= 4 is 29.1 Å². The second-order valence-corrected chi connectivity index (χ2v) is 7.03. The molecule has 0 bridgehead atoms. The smallest absolute Gasteiger partial charge is 0.256 e. The zero-order valence-electron chi connectivity index (χ0n) is 13.9. The second-order valence-electron chi connectivity index (χ2n) is 6.62. The number of carbonyl (C=O) groups excluding carboxylic acids is 2. The third-order valence-corrected chi connectivity index (χ3v) is 5.28. The van der Waals surface area contributed by atoms with Crippen molar-refractivity contribution < 1.29 is 14.0 Å². The van der Waals surface area contributed by atoms with Gasteiger partial charge in [0, 0.05) is 31.5 Å². The Labute approximate surface area is 155 Å². The minimum absolute atomic E-state index is 0.134. The average molecular weight is 374 g/mol. The van der Waals surface area contributed by atoms with Crippen molar-refractivity contribution in [3.8, 4) is 0 Å². The van der Waals surface area contributed by atoms with Gasteiger partial charge in [0.2, 0.25) is 0 Å². The molecule has 2 amide bonds. The highest BCUT2D eigenvalue weighted by molar-refractivity contribution is 6.34. The number of fused-ring (bicyclic) bond motifs is 1. The molecule has 0 aromatic heterocycles. The van der Waals surface area contributed by atoms with Gasteiger partial charge in [0.15, 0.2) is 0 Å². The molecular formula is C19H17ClFN3O2. The number of rotatable bonds is 1. The molecule has 0 aliphatic carbocycles. The number of likely N-dealkylation sites (tertiary alicyclic amines) is 1. The number of hydrogen-bond donors (Lipinski definition) is 2. The molecule has 0 unspecified atom stereocenters. The van der Waals surface area contributed by atoms with E-state index in [0.717, 1.165) is 0 Å². The molecule has 134 valence electrons. The summed E-state index contributed by atoms with van der Waals surface area (Å²) in [7, 11) is 0. The number of nitrogens with one attached hydrogen (secondary N) is 2. The largest absolute Gasteiger partial charge is 0.362 e. The van der Waals surface area contributed by atoms with Crippen LogP contribution in [0.25, 0.3) is 0 Å². The molecular weight excluding hydrogens is 357 g/mol. The quantitative estimate of drug-likeness (QED) is 0.806. The highest BCUT2D eigenvalue weighted by Crippen LogP contribution is 2.34. The number of nitrogens with zero attached hydrogens (tertiary/aromatic N) is 1. The lowest BCUT2D eigenvalue weighted by molar-refractivity contribution is 0.0639. The summed E-state index contributed by atoms with van der Waals surface area (Å²) in [5.41, 5.74) is 1.03. The van der Waals surface area contributed by atoms with Crippen LogP contribution < -0.4 is 10.6 Å². The zero-order valence-corrected chi connectivity index (χ0v) is 14.6. The Balaban J connectivity index is 1.49. The first kappa shape index (κ1) is 16.8. The van der Waals surface area contributed by atoms with Crippen LogP contribution in [0.1, 0.15) is 33.6 Å². The first-order valence-corrected chi connectivity index (χ1v) is 8.79. The molecule has 0 saturated carbocycles. The number of carbonyl (C=O) groups is 2. The Hall–Kier alpha value is -2.60. The Kier molecular flexibility index (Phi) is 4.07. The van der Waals surface area contributed by atoms with Crippen LogP contribution in [0.15, 0.2) is 42.5 Å². The van der Waals surface area contributed by atoms with Crippen LogP contribution >= 0.6 is 11.6 Å². The fourth-order valence-corrected chi connectivity index (χ4v) is 3.80. The lowest BCUT2D eigenvalue weighted by atomic mass is 9.92. The van der Waals surface area contributed by atoms with E-state index < -0.39 is 5.66 Å². The zero-order chi connectivity index (χ0) is 18.3. The fraction of sp³-hybridized carbons (Fsp3) is 0.263. The third-order valence-electron chi connectivity index (χ3n) is 4.96. The van der Waals surface area contributed by atoms with E-state index in [-0.39, 0.29) is 17.6 Å². The molecule has 1 spiro atoms. The summed E-state index contributed by atoms with van der Waals surface area (Å²) in [5.74, 6) is -0.710. The van der Waals surface area contributed by atoms with Crippen molar-refractivity contribution in [3.05, 3.63) is 64.4 Å². The van der Waals surface area contributed by atoms with Crippen molar-refractivity contribution in [3.63, 3.8) is 0 Å². The topological polar surface area (TPSA) is 61.4 Å². The molecule has 26 heavy (non-hydrogen) atoms. The molecule has 2 aliphatic heterocycles. The molecule has 2 N–H and O–H groups in total. The molecule has 0 radical (unpaired) electrons. The van der Waals surface area contributed by atoms with Gasteiger partial charge in [-0.3, -0.25) is 9.59 Å². The number of piperidine rings is 1. The van der Waals surface area contributed by atoms with Crippen LogP contribution in [0.5, 0.6) is 0 Å². The van der Waals surface area contributed by atoms with Crippen molar-refractivity contribution in [1.29, 1.82) is 0 Å². The van der Waals surface area contributed by atoms with E-state index in [1.54, 1.807) is 17.0 Å². The molecule has 4 rings (SSSR count). The average Bonchev–Trinajstić information content (AvgIpc) is 2.62. The van der Waals surface area contributed by atoms with Crippen LogP contribution in [0, 0.1) is 5.82 Å². The summed E-state index contributed by atoms with van der Waals surface area (Å²) >= 11 is 6.13. The summed E-state index contributed by atoms with van der Waals surface area (Å²) < 4.78 is 13.0. The highest BCUT2D eigenvalue weighted by Gasteiger charge is 2.41. The monoisotopic (exact) mass is 373 g/mol. The van der Waals surface area contributed by atoms with Crippen LogP contribution in [0.4, 0.5) is 10.1 Å². The predicted octanol–water partition coefficient (Wildman–Crippen LogP) is 3.27. The van der Waals surface area contributed by atoms with Crippen molar-refractivity contribution in [2.45, 2.75) is 18.5 Å². The number of amides is 2. The van der Waals surface area contributed by atoms with Gasteiger partial charge < -0.3 is 15.5 Å². The van der Waals surface area contributed by atoms with Gasteiger partial charge in [0.05, 0.1) is 16.3 Å². The van der Waals surface area contributed by atoms with Gasteiger partial charge in [-0.15, -0.1) is 0 Å². The molecule has 2 aliphatic rings. The summed E-state index contributed by atoms with van der Waals surface area (Å²) in [6.45, 7) is 0.971. The first-order valence-electron chi connectivity index (χ1n) is 8.41. The van der Waals surface area contributed by atoms with Crippen molar-refractivity contribution in [1.82, 2.24) is 10.2 Å². The van der Waals surface area contributed by atoms with E-state index in [1.165, 1.54) is 24.3 Å². The Morgan fingerprint density at radius 1 is 1.08 bits per heavy atom. The third kappa shape index (κ3) is 2.90. The maximum absolute atomic E-state index is 13.0. The molecule has 1 fully saturated rings. The normalized spacial score (nSPS) is 18.1. The van der Waals surface area contributed by atoms with E-state index in [9.17, 15) is 14.0 Å². The van der Waals surface area contributed by atoms with E-state index in [2.05, 4.69) is 10.6 Å². The lowest BCUT2D eigenvalue weighted by Gasteiger charge is -2.46. The van der Waals surface area contributed by atoms with Crippen LogP contribution in [0.2, 0.25) is 5.02 Å². The summed E-state index contributed by atoms with van der Waals surface area (Å²) in [4.78, 5) is 26.8. The van der Waals surface area contributed by atoms with Crippen LogP contribution in [-0.2, 0) is 0 Å². The minimum atomic E-state index is -0.589. The van der Waals surface area contributed by atoms with E-state index in [0.29, 0.717) is 47.8 Å². The van der Waals surface area contributed by atoms with Gasteiger partial charge in [-0.05, 0) is 36.4 Å². The molecule has 0 atom stereocenters. The number of hydrogen-bond acceptors (Lipinski definition) is 3. The van der Waals surface area contributed by atoms with Crippen LogP contribution in [0.3, 0.4) is 0 Å². The first-order chi connectivity index (χ1) is 12.5. The predicted molar refractivity (Wildman–Crippen MR) is 96.8 cm³/mol. The van der Waals surface area contributed by atoms with Crippen molar-refractivity contribution in [2.24, 2.45) is 0 Å². The summed E-state index contributed by atoms with van der Waals surface area (Å²) in [5, 5.41) is 6.81.